The standard InChI is InChI=1S/C13H17N3/c1-11-4-2-5-12(15-11)10-16-9-3-6-13(16)7-8-14/h2-6,9H,7-8,10,14H2,1H3. The summed E-state index contributed by atoms with van der Waals surface area (Å²) in [5, 5.41) is 0. The lowest BCUT2D eigenvalue weighted by Gasteiger charge is -2.08. The molecule has 0 aromatic carbocycles. The minimum atomic E-state index is 0.686. The first-order valence-corrected chi connectivity index (χ1v) is 5.56. The molecule has 0 amide bonds. The van der Waals surface area contributed by atoms with Gasteiger partial charge in [-0.25, -0.2) is 0 Å². The van der Waals surface area contributed by atoms with E-state index in [0.717, 1.165) is 24.4 Å². The van der Waals surface area contributed by atoms with E-state index in [4.69, 9.17) is 5.73 Å². The molecule has 0 unspecified atom stereocenters. The number of hydrogen-bond acceptors (Lipinski definition) is 2. The van der Waals surface area contributed by atoms with Gasteiger partial charge in [-0.1, -0.05) is 6.07 Å². The van der Waals surface area contributed by atoms with E-state index < -0.39 is 0 Å². The van der Waals surface area contributed by atoms with Gasteiger partial charge in [0.15, 0.2) is 0 Å². The molecule has 16 heavy (non-hydrogen) atoms. The second kappa shape index (κ2) is 4.94. The molecule has 0 saturated heterocycles. The van der Waals surface area contributed by atoms with Crippen LogP contribution in [-0.2, 0) is 13.0 Å². The topological polar surface area (TPSA) is 43.8 Å². The van der Waals surface area contributed by atoms with E-state index in [0.29, 0.717) is 6.54 Å². The van der Waals surface area contributed by atoms with E-state index in [2.05, 4.69) is 33.9 Å². The van der Waals surface area contributed by atoms with Gasteiger partial charge in [-0.2, -0.15) is 0 Å². The maximum absolute atomic E-state index is 5.58. The quantitative estimate of drug-likeness (QED) is 0.844. The Morgan fingerprint density at radius 2 is 2.12 bits per heavy atom. The molecule has 3 heteroatoms. The minimum absolute atomic E-state index is 0.686. The van der Waals surface area contributed by atoms with Crippen LogP contribution in [0.5, 0.6) is 0 Å². The van der Waals surface area contributed by atoms with E-state index >= 15 is 0 Å². The molecule has 0 spiro atoms. The van der Waals surface area contributed by atoms with Gasteiger partial charge in [0, 0.05) is 17.6 Å². The molecular formula is C13H17N3. The molecule has 0 atom stereocenters. The second-order valence-electron chi connectivity index (χ2n) is 3.94. The van der Waals surface area contributed by atoms with Crippen molar-refractivity contribution in [1.82, 2.24) is 9.55 Å². The molecule has 0 aliphatic carbocycles. The normalized spacial score (nSPS) is 10.6. The molecule has 0 aliphatic rings. The third-order valence-corrected chi connectivity index (χ3v) is 2.60. The zero-order valence-electron chi connectivity index (χ0n) is 9.56. The van der Waals surface area contributed by atoms with Crippen LogP contribution < -0.4 is 5.73 Å². The largest absolute Gasteiger partial charge is 0.345 e. The maximum Gasteiger partial charge on any atom is 0.0645 e. The molecule has 0 aliphatic heterocycles. The van der Waals surface area contributed by atoms with E-state index in [1.165, 1.54) is 5.69 Å². The monoisotopic (exact) mass is 215 g/mol. The third kappa shape index (κ3) is 2.49. The fourth-order valence-electron chi connectivity index (χ4n) is 1.84. The summed E-state index contributed by atoms with van der Waals surface area (Å²) in [4.78, 5) is 4.50. The van der Waals surface area contributed by atoms with Gasteiger partial charge in [0.25, 0.3) is 0 Å². The molecule has 0 saturated carbocycles. The molecule has 0 fully saturated rings. The Balaban J connectivity index is 2.17. The van der Waals surface area contributed by atoms with Crippen molar-refractivity contribution in [2.75, 3.05) is 6.54 Å². The number of pyridine rings is 1. The third-order valence-electron chi connectivity index (χ3n) is 2.60. The van der Waals surface area contributed by atoms with Crippen LogP contribution in [-0.4, -0.2) is 16.1 Å². The van der Waals surface area contributed by atoms with Crippen molar-refractivity contribution >= 4 is 0 Å². The molecule has 84 valence electrons. The smallest absolute Gasteiger partial charge is 0.0645 e. The predicted octanol–water partition coefficient (Wildman–Crippen LogP) is 1.74. The summed E-state index contributed by atoms with van der Waals surface area (Å²) in [6.07, 6.45) is 2.99. The molecule has 2 N–H and O–H groups in total. The van der Waals surface area contributed by atoms with Gasteiger partial charge in [0.1, 0.15) is 0 Å². The highest BCUT2D eigenvalue weighted by atomic mass is 15.0. The summed E-state index contributed by atoms with van der Waals surface area (Å²) in [6.45, 7) is 3.52. The molecule has 0 bridgehead atoms. The van der Waals surface area contributed by atoms with Gasteiger partial charge < -0.3 is 10.3 Å². The average Bonchev–Trinajstić information content (AvgIpc) is 2.66. The van der Waals surface area contributed by atoms with Crippen LogP contribution in [0.25, 0.3) is 0 Å². The van der Waals surface area contributed by atoms with Gasteiger partial charge in [-0.05, 0) is 44.2 Å². The van der Waals surface area contributed by atoms with Crippen LogP contribution in [0.15, 0.2) is 36.5 Å². The molecule has 3 nitrogen and oxygen atoms in total. The van der Waals surface area contributed by atoms with Gasteiger partial charge in [0.2, 0.25) is 0 Å². The summed E-state index contributed by atoms with van der Waals surface area (Å²) in [7, 11) is 0. The van der Waals surface area contributed by atoms with Crippen molar-refractivity contribution in [2.24, 2.45) is 5.73 Å². The van der Waals surface area contributed by atoms with Crippen molar-refractivity contribution < 1.29 is 0 Å². The van der Waals surface area contributed by atoms with Crippen molar-refractivity contribution in [2.45, 2.75) is 19.9 Å². The number of aromatic nitrogens is 2. The Labute approximate surface area is 95.9 Å². The van der Waals surface area contributed by atoms with Gasteiger partial charge in [-0.3, -0.25) is 4.98 Å². The highest BCUT2D eigenvalue weighted by Crippen LogP contribution is 2.07. The Morgan fingerprint density at radius 3 is 2.88 bits per heavy atom. The van der Waals surface area contributed by atoms with E-state index in [9.17, 15) is 0 Å². The molecule has 2 heterocycles. The number of hydrogen-bond donors (Lipinski definition) is 1. The first kappa shape index (κ1) is 10.9. The Kier molecular flexibility index (Phi) is 3.37. The summed E-state index contributed by atoms with van der Waals surface area (Å²) < 4.78 is 2.20. The molecule has 2 aromatic heterocycles. The maximum atomic E-state index is 5.58. The first-order valence-electron chi connectivity index (χ1n) is 5.56. The number of aryl methyl sites for hydroxylation is 1. The second-order valence-corrected chi connectivity index (χ2v) is 3.94. The van der Waals surface area contributed by atoms with Crippen molar-refractivity contribution in [3.05, 3.63) is 53.6 Å². The van der Waals surface area contributed by atoms with Crippen LogP contribution in [0, 0.1) is 6.92 Å². The van der Waals surface area contributed by atoms with Gasteiger partial charge in [0.05, 0.1) is 12.2 Å². The van der Waals surface area contributed by atoms with E-state index in [-0.39, 0.29) is 0 Å². The number of rotatable bonds is 4. The summed E-state index contributed by atoms with van der Waals surface area (Å²) in [6, 6.07) is 10.3. The van der Waals surface area contributed by atoms with Gasteiger partial charge >= 0.3 is 0 Å². The molecule has 2 aromatic rings. The number of nitrogens with zero attached hydrogens (tertiary/aromatic N) is 2. The molecule has 2 rings (SSSR count). The van der Waals surface area contributed by atoms with Crippen LogP contribution in [0.3, 0.4) is 0 Å². The van der Waals surface area contributed by atoms with Gasteiger partial charge in [-0.15, -0.1) is 0 Å². The first-order chi connectivity index (χ1) is 7.79. The summed E-state index contributed by atoms with van der Waals surface area (Å²) >= 11 is 0. The van der Waals surface area contributed by atoms with Crippen LogP contribution >= 0.6 is 0 Å². The fourth-order valence-corrected chi connectivity index (χ4v) is 1.84. The Morgan fingerprint density at radius 1 is 1.25 bits per heavy atom. The van der Waals surface area contributed by atoms with Crippen molar-refractivity contribution in [1.29, 1.82) is 0 Å². The predicted molar refractivity (Wildman–Crippen MR) is 65.3 cm³/mol. The summed E-state index contributed by atoms with van der Waals surface area (Å²) in [5.41, 5.74) is 9.00. The highest BCUT2D eigenvalue weighted by molar-refractivity contribution is 5.14. The zero-order chi connectivity index (χ0) is 11.4. The van der Waals surface area contributed by atoms with Crippen molar-refractivity contribution in [3.63, 3.8) is 0 Å². The van der Waals surface area contributed by atoms with Crippen molar-refractivity contribution in [3.8, 4) is 0 Å². The zero-order valence-corrected chi connectivity index (χ0v) is 9.56. The van der Waals surface area contributed by atoms with Crippen LogP contribution in [0.4, 0.5) is 0 Å². The lowest BCUT2D eigenvalue weighted by Crippen LogP contribution is -2.10. The summed E-state index contributed by atoms with van der Waals surface area (Å²) in [5.74, 6) is 0. The lowest BCUT2D eigenvalue weighted by atomic mass is 10.3. The Hall–Kier alpha value is -1.61. The van der Waals surface area contributed by atoms with Crippen LogP contribution in [0.1, 0.15) is 17.1 Å². The Bertz CT molecular complexity index is 460. The average molecular weight is 215 g/mol. The molecule has 0 radical (unpaired) electrons. The number of nitrogens with two attached hydrogens (primary N) is 1. The minimum Gasteiger partial charge on any atom is -0.345 e. The van der Waals surface area contributed by atoms with Crippen LogP contribution in [0.2, 0.25) is 0 Å². The SMILES string of the molecule is Cc1cccc(Cn2cccc2CCN)n1. The van der Waals surface area contributed by atoms with E-state index in [1.54, 1.807) is 0 Å². The highest BCUT2D eigenvalue weighted by Gasteiger charge is 2.01. The lowest BCUT2D eigenvalue weighted by molar-refractivity contribution is 0.719. The fraction of sp³-hybridized carbons (Fsp3) is 0.308. The molecular weight excluding hydrogens is 198 g/mol. The van der Waals surface area contributed by atoms with E-state index in [1.807, 2.05) is 19.1 Å².